The molecule has 0 aromatic carbocycles. The SMILES string of the molecule is O=C1N(CC2CCSC2)C(c2cccs2)NC12CCCC2. The first-order valence-corrected chi connectivity index (χ1v) is 10.0. The van der Waals surface area contributed by atoms with Gasteiger partial charge in [0.15, 0.2) is 0 Å². The van der Waals surface area contributed by atoms with E-state index in [-0.39, 0.29) is 11.7 Å². The van der Waals surface area contributed by atoms with Crippen molar-refractivity contribution >= 4 is 29.0 Å². The fourth-order valence-electron chi connectivity index (χ4n) is 4.00. The predicted octanol–water partition coefficient (Wildman–Crippen LogP) is 3.24. The normalized spacial score (nSPS) is 31.6. The maximum atomic E-state index is 13.1. The molecular weight excluding hydrogens is 300 g/mol. The first-order valence-electron chi connectivity index (χ1n) is 7.98. The molecule has 1 spiro atoms. The lowest BCUT2D eigenvalue weighted by Gasteiger charge is -2.26. The number of carbonyl (C=O) groups is 1. The first kappa shape index (κ1) is 14.1. The zero-order valence-electron chi connectivity index (χ0n) is 12.2. The van der Waals surface area contributed by atoms with E-state index < -0.39 is 0 Å². The Balaban J connectivity index is 1.61. The fourth-order valence-corrected chi connectivity index (χ4v) is 6.05. The van der Waals surface area contributed by atoms with Gasteiger partial charge in [0.1, 0.15) is 6.17 Å². The molecule has 2 saturated heterocycles. The zero-order chi connectivity index (χ0) is 14.3. The molecule has 2 atom stereocenters. The Hall–Kier alpha value is -0.520. The van der Waals surface area contributed by atoms with E-state index >= 15 is 0 Å². The summed E-state index contributed by atoms with van der Waals surface area (Å²) in [5.41, 5.74) is -0.250. The van der Waals surface area contributed by atoms with Crippen LogP contribution in [0.5, 0.6) is 0 Å². The third-order valence-corrected chi connectivity index (χ3v) is 7.30. The number of rotatable bonds is 3. The lowest BCUT2D eigenvalue weighted by atomic mass is 9.97. The molecule has 0 radical (unpaired) electrons. The number of carbonyl (C=O) groups excluding carboxylic acids is 1. The van der Waals surface area contributed by atoms with E-state index in [9.17, 15) is 4.79 Å². The van der Waals surface area contributed by atoms with Crippen molar-refractivity contribution in [3.63, 3.8) is 0 Å². The van der Waals surface area contributed by atoms with Gasteiger partial charge in [0, 0.05) is 11.4 Å². The van der Waals surface area contributed by atoms with Gasteiger partial charge in [-0.05, 0) is 48.1 Å². The predicted molar refractivity (Wildman–Crippen MR) is 88.5 cm³/mol. The van der Waals surface area contributed by atoms with Gasteiger partial charge in [-0.3, -0.25) is 10.1 Å². The Morgan fingerprint density at radius 1 is 1.38 bits per heavy atom. The topological polar surface area (TPSA) is 32.3 Å². The summed E-state index contributed by atoms with van der Waals surface area (Å²) in [4.78, 5) is 16.5. The van der Waals surface area contributed by atoms with Crippen molar-refractivity contribution in [2.75, 3.05) is 18.1 Å². The van der Waals surface area contributed by atoms with Crippen LogP contribution < -0.4 is 5.32 Å². The summed E-state index contributed by atoms with van der Waals surface area (Å²) in [6.45, 7) is 0.934. The van der Waals surface area contributed by atoms with Crippen LogP contribution in [0.2, 0.25) is 0 Å². The fraction of sp³-hybridized carbons (Fsp3) is 0.688. The van der Waals surface area contributed by atoms with Crippen molar-refractivity contribution < 1.29 is 4.79 Å². The summed E-state index contributed by atoms with van der Waals surface area (Å²) in [5, 5.41) is 5.84. The average Bonchev–Trinajstić information content (AvgIpc) is 3.26. The molecule has 1 aromatic rings. The Labute approximate surface area is 134 Å². The smallest absolute Gasteiger partial charge is 0.244 e. The molecule has 4 rings (SSSR count). The van der Waals surface area contributed by atoms with Crippen LogP contribution in [-0.4, -0.2) is 34.4 Å². The van der Waals surface area contributed by atoms with Crippen LogP contribution in [-0.2, 0) is 4.79 Å². The van der Waals surface area contributed by atoms with Crippen LogP contribution in [0, 0.1) is 5.92 Å². The second-order valence-corrected chi connectivity index (χ2v) is 8.67. The van der Waals surface area contributed by atoms with Gasteiger partial charge in [0.25, 0.3) is 0 Å². The number of thiophene rings is 1. The van der Waals surface area contributed by atoms with Gasteiger partial charge >= 0.3 is 0 Å². The molecule has 1 amide bonds. The van der Waals surface area contributed by atoms with Crippen molar-refractivity contribution in [1.82, 2.24) is 10.2 Å². The quantitative estimate of drug-likeness (QED) is 0.927. The second-order valence-electron chi connectivity index (χ2n) is 6.54. The van der Waals surface area contributed by atoms with E-state index in [0.717, 1.165) is 19.4 Å². The molecule has 1 N–H and O–H groups in total. The van der Waals surface area contributed by atoms with E-state index in [1.807, 2.05) is 11.8 Å². The molecule has 1 saturated carbocycles. The van der Waals surface area contributed by atoms with Gasteiger partial charge < -0.3 is 4.90 Å². The highest BCUT2D eigenvalue weighted by atomic mass is 32.2. The van der Waals surface area contributed by atoms with Gasteiger partial charge in [0.05, 0.1) is 5.54 Å². The van der Waals surface area contributed by atoms with Crippen LogP contribution in [0.25, 0.3) is 0 Å². The molecule has 3 nitrogen and oxygen atoms in total. The number of hydrogen-bond donors (Lipinski definition) is 1. The minimum Gasteiger partial charge on any atom is -0.320 e. The Kier molecular flexibility index (Phi) is 3.76. The Bertz CT molecular complexity index is 504. The molecule has 1 aliphatic carbocycles. The van der Waals surface area contributed by atoms with E-state index in [1.54, 1.807) is 11.3 Å². The van der Waals surface area contributed by atoms with E-state index in [4.69, 9.17) is 0 Å². The molecule has 0 bridgehead atoms. The van der Waals surface area contributed by atoms with Crippen molar-refractivity contribution in [2.24, 2.45) is 5.92 Å². The molecule has 3 aliphatic rings. The van der Waals surface area contributed by atoms with Crippen LogP contribution in [0.1, 0.15) is 43.1 Å². The summed E-state index contributed by atoms with van der Waals surface area (Å²) in [5.74, 6) is 3.53. The van der Waals surface area contributed by atoms with E-state index in [1.165, 1.54) is 35.6 Å². The molecule has 2 unspecified atom stereocenters. The van der Waals surface area contributed by atoms with Crippen molar-refractivity contribution in [1.29, 1.82) is 0 Å². The van der Waals surface area contributed by atoms with Crippen molar-refractivity contribution in [3.05, 3.63) is 22.4 Å². The summed E-state index contributed by atoms with van der Waals surface area (Å²) < 4.78 is 0. The van der Waals surface area contributed by atoms with Crippen LogP contribution >= 0.6 is 23.1 Å². The lowest BCUT2D eigenvalue weighted by Crippen LogP contribution is -2.44. The minimum absolute atomic E-state index is 0.112. The van der Waals surface area contributed by atoms with Gasteiger partial charge in [-0.15, -0.1) is 11.3 Å². The standard InChI is InChI=1S/C16H22N2OS2/c19-15-16(6-1-2-7-16)17-14(13-4-3-8-21-13)18(15)10-12-5-9-20-11-12/h3-4,8,12,14,17H,1-2,5-7,9-11H2. The molecule has 1 aromatic heterocycles. The maximum Gasteiger partial charge on any atom is 0.244 e. The maximum absolute atomic E-state index is 13.1. The first-order chi connectivity index (χ1) is 10.3. The number of hydrogen-bond acceptors (Lipinski definition) is 4. The molecule has 5 heteroatoms. The summed E-state index contributed by atoms with van der Waals surface area (Å²) in [6, 6.07) is 4.26. The number of nitrogens with one attached hydrogen (secondary N) is 1. The molecule has 2 aliphatic heterocycles. The van der Waals surface area contributed by atoms with Crippen molar-refractivity contribution in [2.45, 2.75) is 43.8 Å². The largest absolute Gasteiger partial charge is 0.320 e. The summed E-state index contributed by atoms with van der Waals surface area (Å²) >= 11 is 3.80. The average molecular weight is 322 g/mol. The van der Waals surface area contributed by atoms with Crippen LogP contribution in [0.15, 0.2) is 17.5 Å². The number of amides is 1. The minimum atomic E-state index is -0.250. The van der Waals surface area contributed by atoms with E-state index in [0.29, 0.717) is 11.8 Å². The lowest BCUT2D eigenvalue weighted by molar-refractivity contribution is -0.133. The summed E-state index contributed by atoms with van der Waals surface area (Å²) in [7, 11) is 0. The number of nitrogens with zero attached hydrogens (tertiary/aromatic N) is 1. The third kappa shape index (κ3) is 2.43. The van der Waals surface area contributed by atoms with Crippen LogP contribution in [0.3, 0.4) is 0 Å². The zero-order valence-corrected chi connectivity index (χ0v) is 13.8. The second kappa shape index (κ2) is 5.60. The van der Waals surface area contributed by atoms with Gasteiger partial charge in [-0.25, -0.2) is 0 Å². The highest BCUT2D eigenvalue weighted by Crippen LogP contribution is 2.42. The third-order valence-electron chi connectivity index (χ3n) is 5.14. The van der Waals surface area contributed by atoms with Gasteiger partial charge in [-0.1, -0.05) is 18.9 Å². The van der Waals surface area contributed by atoms with Gasteiger partial charge in [-0.2, -0.15) is 11.8 Å². The number of thioether (sulfide) groups is 1. The Morgan fingerprint density at radius 2 is 2.24 bits per heavy atom. The van der Waals surface area contributed by atoms with E-state index in [2.05, 4.69) is 27.7 Å². The molecular formula is C16H22N2OS2. The Morgan fingerprint density at radius 3 is 2.90 bits per heavy atom. The molecule has 114 valence electrons. The molecule has 21 heavy (non-hydrogen) atoms. The highest BCUT2D eigenvalue weighted by molar-refractivity contribution is 7.99. The molecule has 3 heterocycles. The monoisotopic (exact) mass is 322 g/mol. The molecule has 3 fully saturated rings. The summed E-state index contributed by atoms with van der Waals surface area (Å²) in [6.07, 6.45) is 5.78. The van der Waals surface area contributed by atoms with Crippen molar-refractivity contribution in [3.8, 4) is 0 Å². The van der Waals surface area contributed by atoms with Crippen LogP contribution in [0.4, 0.5) is 0 Å². The highest BCUT2D eigenvalue weighted by Gasteiger charge is 2.53. The van der Waals surface area contributed by atoms with Gasteiger partial charge in [0.2, 0.25) is 5.91 Å².